The molecule has 0 bridgehead atoms. The summed E-state index contributed by atoms with van der Waals surface area (Å²) in [5.74, 6) is 2.10. The summed E-state index contributed by atoms with van der Waals surface area (Å²) in [6, 6.07) is 7.24. The third kappa shape index (κ3) is 2.54. The lowest BCUT2D eigenvalue weighted by Gasteiger charge is -2.11. The van der Waals surface area contributed by atoms with Crippen molar-refractivity contribution in [3.63, 3.8) is 0 Å². The number of halogens is 1. The number of aromatic nitrogens is 2. The van der Waals surface area contributed by atoms with Gasteiger partial charge < -0.3 is 10.5 Å². The van der Waals surface area contributed by atoms with Crippen LogP contribution >= 0.6 is 11.6 Å². The Morgan fingerprint density at radius 3 is 2.67 bits per heavy atom. The van der Waals surface area contributed by atoms with E-state index in [1.54, 1.807) is 12.1 Å². The molecule has 4 nitrogen and oxygen atoms in total. The minimum absolute atomic E-state index is 0.434. The van der Waals surface area contributed by atoms with Crippen molar-refractivity contribution >= 4 is 17.4 Å². The highest BCUT2D eigenvalue weighted by Gasteiger charge is 2.11. The van der Waals surface area contributed by atoms with Gasteiger partial charge in [0, 0.05) is 6.42 Å². The number of nitrogens with two attached hydrogens (primary N) is 1. The molecule has 0 aliphatic carbocycles. The van der Waals surface area contributed by atoms with Crippen molar-refractivity contribution in [1.82, 2.24) is 9.97 Å². The Balaban J connectivity index is 2.40. The molecular formula is C13H14ClN3O. The minimum atomic E-state index is 0.434. The van der Waals surface area contributed by atoms with Gasteiger partial charge in [-0.2, -0.15) is 4.98 Å². The van der Waals surface area contributed by atoms with Crippen LogP contribution in [0.5, 0.6) is 11.6 Å². The summed E-state index contributed by atoms with van der Waals surface area (Å²) in [6.45, 7) is 3.78. The van der Waals surface area contributed by atoms with Gasteiger partial charge in [0.25, 0.3) is 0 Å². The maximum atomic E-state index is 6.04. The molecule has 0 unspecified atom stereocenters. The van der Waals surface area contributed by atoms with Crippen LogP contribution in [0, 0.1) is 6.92 Å². The van der Waals surface area contributed by atoms with Crippen molar-refractivity contribution < 1.29 is 4.74 Å². The molecule has 94 valence electrons. The highest BCUT2D eigenvalue weighted by atomic mass is 35.5. The predicted octanol–water partition coefficient (Wildman–Crippen LogP) is 3.38. The molecule has 1 aromatic carbocycles. The van der Waals surface area contributed by atoms with Crippen LogP contribution in [0.2, 0.25) is 5.02 Å². The Labute approximate surface area is 111 Å². The molecule has 0 fully saturated rings. The molecule has 0 radical (unpaired) electrons. The zero-order valence-electron chi connectivity index (χ0n) is 10.3. The Bertz CT molecular complexity index is 572. The van der Waals surface area contributed by atoms with Crippen molar-refractivity contribution in [2.75, 3.05) is 5.73 Å². The van der Waals surface area contributed by atoms with Crippen molar-refractivity contribution in [1.29, 1.82) is 0 Å². The van der Waals surface area contributed by atoms with Gasteiger partial charge in [0.1, 0.15) is 17.4 Å². The molecule has 18 heavy (non-hydrogen) atoms. The fourth-order valence-electron chi connectivity index (χ4n) is 1.45. The van der Waals surface area contributed by atoms with Gasteiger partial charge in [-0.15, -0.1) is 0 Å². The Kier molecular flexibility index (Phi) is 3.67. The Morgan fingerprint density at radius 2 is 2.00 bits per heavy atom. The van der Waals surface area contributed by atoms with E-state index in [1.807, 2.05) is 26.0 Å². The van der Waals surface area contributed by atoms with Gasteiger partial charge in [-0.3, -0.25) is 0 Å². The molecular weight excluding hydrogens is 250 g/mol. The topological polar surface area (TPSA) is 61.0 Å². The van der Waals surface area contributed by atoms with Gasteiger partial charge in [-0.05, 0) is 19.1 Å². The van der Waals surface area contributed by atoms with Crippen molar-refractivity contribution in [3.8, 4) is 11.6 Å². The van der Waals surface area contributed by atoms with E-state index in [1.165, 1.54) is 0 Å². The van der Waals surface area contributed by atoms with E-state index in [0.29, 0.717) is 40.3 Å². The Hall–Kier alpha value is -1.81. The van der Waals surface area contributed by atoms with Crippen LogP contribution in [0.15, 0.2) is 24.3 Å². The third-order valence-corrected chi connectivity index (χ3v) is 2.86. The number of hydrogen-bond donors (Lipinski definition) is 1. The molecule has 1 aromatic heterocycles. The molecule has 0 aliphatic rings. The van der Waals surface area contributed by atoms with E-state index in [4.69, 9.17) is 22.1 Å². The normalized spacial score (nSPS) is 10.4. The number of aryl methyl sites for hydroxylation is 1. The number of hydrogen-bond acceptors (Lipinski definition) is 4. The van der Waals surface area contributed by atoms with Gasteiger partial charge in [0.05, 0.1) is 10.6 Å². The van der Waals surface area contributed by atoms with E-state index in [-0.39, 0.29) is 0 Å². The summed E-state index contributed by atoms with van der Waals surface area (Å²) in [5.41, 5.74) is 6.54. The second kappa shape index (κ2) is 5.23. The number of benzene rings is 1. The van der Waals surface area contributed by atoms with Crippen molar-refractivity contribution in [2.24, 2.45) is 0 Å². The quantitative estimate of drug-likeness (QED) is 0.922. The van der Waals surface area contributed by atoms with Crippen LogP contribution in [0.1, 0.15) is 18.3 Å². The van der Waals surface area contributed by atoms with Crippen LogP contribution in [0.3, 0.4) is 0 Å². The molecule has 1 heterocycles. The standard InChI is InChI=1S/C13H14ClN3O/c1-3-11-16-12(15)8(2)13(17-11)18-10-7-5-4-6-9(10)14/h4-7H,3H2,1-2H3,(H2,15,16,17). The van der Waals surface area contributed by atoms with Gasteiger partial charge >= 0.3 is 0 Å². The number of nitrogens with zero attached hydrogens (tertiary/aromatic N) is 2. The van der Waals surface area contributed by atoms with Gasteiger partial charge in [0.2, 0.25) is 5.88 Å². The molecule has 2 N–H and O–H groups in total. The number of rotatable bonds is 3. The average Bonchev–Trinajstić information content (AvgIpc) is 2.37. The predicted molar refractivity (Wildman–Crippen MR) is 72.1 cm³/mol. The third-order valence-electron chi connectivity index (χ3n) is 2.54. The minimum Gasteiger partial charge on any atom is -0.437 e. The molecule has 0 atom stereocenters. The van der Waals surface area contributed by atoms with E-state index in [9.17, 15) is 0 Å². The first kappa shape index (κ1) is 12.6. The summed E-state index contributed by atoms with van der Waals surface area (Å²) in [6.07, 6.45) is 0.698. The number of nitrogen functional groups attached to an aromatic ring is 1. The van der Waals surface area contributed by atoms with Gasteiger partial charge in [-0.1, -0.05) is 30.7 Å². The molecule has 2 aromatic rings. The van der Waals surface area contributed by atoms with Gasteiger partial charge in [0.15, 0.2) is 0 Å². The summed E-state index contributed by atoms with van der Waals surface area (Å²) in [5, 5.41) is 0.534. The van der Waals surface area contributed by atoms with Crippen molar-refractivity contribution in [3.05, 3.63) is 40.7 Å². The number of para-hydroxylation sites is 1. The first-order chi connectivity index (χ1) is 8.61. The summed E-state index contributed by atoms with van der Waals surface area (Å²) < 4.78 is 5.70. The lowest BCUT2D eigenvalue weighted by Crippen LogP contribution is -2.04. The average molecular weight is 264 g/mol. The first-order valence-electron chi connectivity index (χ1n) is 5.67. The van der Waals surface area contributed by atoms with E-state index in [0.717, 1.165) is 0 Å². The van der Waals surface area contributed by atoms with Gasteiger partial charge in [-0.25, -0.2) is 4.98 Å². The summed E-state index contributed by atoms with van der Waals surface area (Å²) in [4.78, 5) is 8.49. The molecule has 0 amide bonds. The summed E-state index contributed by atoms with van der Waals surface area (Å²) >= 11 is 6.04. The first-order valence-corrected chi connectivity index (χ1v) is 6.05. The largest absolute Gasteiger partial charge is 0.437 e. The maximum Gasteiger partial charge on any atom is 0.227 e. The van der Waals surface area contributed by atoms with E-state index >= 15 is 0 Å². The molecule has 0 saturated carbocycles. The molecule has 0 aliphatic heterocycles. The SMILES string of the molecule is CCc1nc(N)c(C)c(Oc2ccccc2Cl)n1. The van der Waals surface area contributed by atoms with Crippen LogP contribution < -0.4 is 10.5 Å². The Morgan fingerprint density at radius 1 is 1.28 bits per heavy atom. The van der Waals surface area contributed by atoms with Crippen LogP contribution in [0.25, 0.3) is 0 Å². The van der Waals surface area contributed by atoms with Crippen molar-refractivity contribution in [2.45, 2.75) is 20.3 Å². The second-order valence-corrected chi connectivity index (χ2v) is 4.25. The van der Waals surface area contributed by atoms with Crippen LogP contribution in [-0.4, -0.2) is 9.97 Å². The number of ether oxygens (including phenoxy) is 1. The highest BCUT2D eigenvalue weighted by molar-refractivity contribution is 6.32. The van der Waals surface area contributed by atoms with Crippen LogP contribution in [-0.2, 0) is 6.42 Å². The number of anilines is 1. The fraction of sp³-hybridized carbons (Fsp3) is 0.231. The second-order valence-electron chi connectivity index (χ2n) is 3.84. The zero-order valence-corrected chi connectivity index (χ0v) is 11.0. The van der Waals surface area contributed by atoms with E-state index < -0.39 is 0 Å². The highest BCUT2D eigenvalue weighted by Crippen LogP contribution is 2.30. The monoisotopic (exact) mass is 263 g/mol. The zero-order chi connectivity index (χ0) is 13.1. The molecule has 0 spiro atoms. The van der Waals surface area contributed by atoms with E-state index in [2.05, 4.69) is 9.97 Å². The smallest absolute Gasteiger partial charge is 0.227 e. The summed E-state index contributed by atoms with van der Waals surface area (Å²) in [7, 11) is 0. The lowest BCUT2D eigenvalue weighted by molar-refractivity contribution is 0.455. The van der Waals surface area contributed by atoms with Crippen LogP contribution in [0.4, 0.5) is 5.82 Å². The fourth-order valence-corrected chi connectivity index (χ4v) is 1.62. The molecule has 2 rings (SSSR count). The maximum absolute atomic E-state index is 6.04. The molecule has 0 saturated heterocycles. The lowest BCUT2D eigenvalue weighted by atomic mass is 10.3. The molecule has 5 heteroatoms.